The minimum Gasteiger partial charge on any atom is -0.459 e. The van der Waals surface area contributed by atoms with Crippen LogP contribution < -0.4 is 0 Å². The van der Waals surface area contributed by atoms with Crippen LogP contribution in [-0.2, 0) is 66.5 Å². The first-order valence-electron chi connectivity index (χ1n) is 17.7. The second kappa shape index (κ2) is 19.6. The summed E-state index contributed by atoms with van der Waals surface area (Å²) in [6.07, 6.45) is -13.7. The quantitative estimate of drug-likeness (QED) is 0.169. The average molecular weight is 793 g/mol. The van der Waals surface area contributed by atoms with Gasteiger partial charge in [0.05, 0.1) is 23.3 Å². The van der Waals surface area contributed by atoms with E-state index < -0.39 is 110 Å². The molecular weight excluding hydrogens is 752 g/mol. The van der Waals surface area contributed by atoms with Crippen LogP contribution in [0.3, 0.4) is 0 Å². The van der Waals surface area contributed by atoms with Gasteiger partial charge in [0.1, 0.15) is 18.8 Å². The SMILES string of the molecule is CC(=O)O[C@H]1O[C@H](CO[C@H]2O[C@@H](COC(=O)c3ccccc3)[C@@H](OC(=O)c3ccccc3)[C@H]2OC(=O)c2ccccc2)[C@@H](OC(C)=O)[C@@H](OC(C)=O)[C@H]1OC(C)=O. The molecule has 0 aromatic heterocycles. The van der Waals surface area contributed by atoms with E-state index in [-0.39, 0.29) is 16.7 Å². The third-order valence-corrected chi connectivity index (χ3v) is 8.37. The number of hydrogen-bond acceptors (Lipinski definition) is 17. The maximum atomic E-state index is 13.5. The number of esters is 7. The molecule has 17 heteroatoms. The number of ether oxygens (including phenoxy) is 10. The van der Waals surface area contributed by atoms with Crippen molar-refractivity contribution in [2.24, 2.45) is 0 Å². The standard InChI is InChI=1S/C40H40O17/c1-22(41)50-31-30(55-40(53-25(4)44)35(52-24(3)43)33(31)51-23(2)42)21-49-39-34(57-38(47)28-18-12-7-13-19-28)32(56-37(46)27-16-10-6-11-17-27)29(54-39)20-48-36(45)26-14-8-5-9-15-26/h5-19,29-35,39-40H,20-21H2,1-4H3/t29-,30+,31+,32+,33+,34+,35+,39-,40-/m0/s1. The predicted octanol–water partition coefficient (Wildman–Crippen LogP) is 3.12. The summed E-state index contributed by atoms with van der Waals surface area (Å²) in [5, 5.41) is 0. The third-order valence-electron chi connectivity index (χ3n) is 8.37. The highest BCUT2D eigenvalue weighted by molar-refractivity contribution is 5.91. The normalized spacial score (nSPS) is 25.2. The lowest BCUT2D eigenvalue weighted by Crippen LogP contribution is -2.63. The Morgan fingerprint density at radius 3 is 1.28 bits per heavy atom. The van der Waals surface area contributed by atoms with Crippen molar-refractivity contribution in [2.75, 3.05) is 13.2 Å². The molecule has 5 rings (SSSR count). The monoisotopic (exact) mass is 792 g/mol. The van der Waals surface area contributed by atoms with Crippen molar-refractivity contribution in [3.8, 4) is 0 Å². The first kappa shape index (κ1) is 42.0. The highest BCUT2D eigenvalue weighted by atomic mass is 16.8. The molecule has 302 valence electrons. The fourth-order valence-corrected chi connectivity index (χ4v) is 6.01. The van der Waals surface area contributed by atoms with Crippen LogP contribution >= 0.6 is 0 Å². The van der Waals surface area contributed by atoms with Gasteiger partial charge in [-0.2, -0.15) is 0 Å². The maximum absolute atomic E-state index is 13.5. The predicted molar refractivity (Wildman–Crippen MR) is 190 cm³/mol. The first-order valence-corrected chi connectivity index (χ1v) is 17.7. The van der Waals surface area contributed by atoms with Crippen LogP contribution in [0.25, 0.3) is 0 Å². The largest absolute Gasteiger partial charge is 0.459 e. The molecule has 0 amide bonds. The van der Waals surface area contributed by atoms with Crippen molar-refractivity contribution in [2.45, 2.75) is 83.0 Å². The smallest absolute Gasteiger partial charge is 0.338 e. The topological polar surface area (TPSA) is 212 Å². The molecular formula is C40H40O17. The molecule has 17 nitrogen and oxygen atoms in total. The van der Waals surface area contributed by atoms with Crippen molar-refractivity contribution in [1.29, 1.82) is 0 Å². The van der Waals surface area contributed by atoms with E-state index in [0.717, 1.165) is 27.7 Å². The minimum absolute atomic E-state index is 0.124. The summed E-state index contributed by atoms with van der Waals surface area (Å²) in [6.45, 7) is 3.08. The Labute approximate surface area is 326 Å². The van der Waals surface area contributed by atoms with E-state index >= 15 is 0 Å². The Morgan fingerprint density at radius 2 is 0.789 bits per heavy atom. The summed E-state index contributed by atoms with van der Waals surface area (Å²) in [5.74, 6) is -5.90. The van der Waals surface area contributed by atoms with E-state index in [1.54, 1.807) is 54.6 Å². The van der Waals surface area contributed by atoms with Gasteiger partial charge in [0.15, 0.2) is 30.7 Å². The molecule has 2 fully saturated rings. The van der Waals surface area contributed by atoms with Crippen LogP contribution in [0.15, 0.2) is 91.0 Å². The van der Waals surface area contributed by atoms with E-state index in [9.17, 15) is 33.6 Å². The van der Waals surface area contributed by atoms with Gasteiger partial charge in [-0.05, 0) is 36.4 Å². The lowest BCUT2D eigenvalue weighted by atomic mass is 9.98. The van der Waals surface area contributed by atoms with Crippen molar-refractivity contribution in [3.05, 3.63) is 108 Å². The molecule has 0 radical (unpaired) electrons. The molecule has 0 unspecified atom stereocenters. The molecule has 2 aliphatic heterocycles. The lowest BCUT2D eigenvalue weighted by Gasteiger charge is -2.43. The van der Waals surface area contributed by atoms with Gasteiger partial charge in [-0.15, -0.1) is 0 Å². The fraction of sp³-hybridized carbons (Fsp3) is 0.375. The Bertz CT molecular complexity index is 1890. The van der Waals surface area contributed by atoms with Crippen molar-refractivity contribution in [1.82, 2.24) is 0 Å². The summed E-state index contributed by atoms with van der Waals surface area (Å²) < 4.78 is 57.1. The van der Waals surface area contributed by atoms with Crippen LogP contribution in [0, 0.1) is 0 Å². The molecule has 2 heterocycles. The van der Waals surface area contributed by atoms with E-state index in [4.69, 9.17) is 47.4 Å². The summed E-state index contributed by atoms with van der Waals surface area (Å²) in [5.41, 5.74) is 0.486. The van der Waals surface area contributed by atoms with Gasteiger partial charge in [0, 0.05) is 27.7 Å². The molecule has 9 atom stereocenters. The maximum Gasteiger partial charge on any atom is 0.338 e. The number of carbonyl (C=O) groups excluding carboxylic acids is 7. The van der Waals surface area contributed by atoms with Crippen LogP contribution in [0.4, 0.5) is 0 Å². The van der Waals surface area contributed by atoms with Crippen molar-refractivity contribution in [3.63, 3.8) is 0 Å². The summed E-state index contributed by atoms with van der Waals surface area (Å²) in [4.78, 5) is 88.8. The van der Waals surface area contributed by atoms with Crippen LogP contribution in [-0.4, -0.2) is 110 Å². The van der Waals surface area contributed by atoms with Crippen LogP contribution in [0.2, 0.25) is 0 Å². The van der Waals surface area contributed by atoms with Gasteiger partial charge >= 0.3 is 41.8 Å². The van der Waals surface area contributed by atoms with Gasteiger partial charge in [0.25, 0.3) is 0 Å². The molecule has 0 spiro atoms. The number of rotatable bonds is 14. The molecule has 0 aliphatic carbocycles. The summed E-state index contributed by atoms with van der Waals surface area (Å²) in [6, 6.07) is 23.8. The van der Waals surface area contributed by atoms with Gasteiger partial charge in [-0.25, -0.2) is 14.4 Å². The van der Waals surface area contributed by atoms with Crippen LogP contribution in [0.5, 0.6) is 0 Å². The summed E-state index contributed by atoms with van der Waals surface area (Å²) >= 11 is 0. The zero-order chi connectivity index (χ0) is 41.1. The average Bonchev–Trinajstić information content (AvgIpc) is 3.50. The minimum atomic E-state index is -1.70. The molecule has 0 N–H and O–H groups in total. The highest BCUT2D eigenvalue weighted by Crippen LogP contribution is 2.33. The van der Waals surface area contributed by atoms with E-state index in [1.807, 2.05) is 0 Å². The molecule has 0 bridgehead atoms. The van der Waals surface area contributed by atoms with Gasteiger partial charge in [-0.1, -0.05) is 54.6 Å². The van der Waals surface area contributed by atoms with E-state index in [1.165, 1.54) is 36.4 Å². The Balaban J connectivity index is 1.48. The van der Waals surface area contributed by atoms with Gasteiger partial charge in [-0.3, -0.25) is 19.2 Å². The van der Waals surface area contributed by atoms with Crippen molar-refractivity contribution < 1.29 is 80.9 Å². The molecule has 2 saturated heterocycles. The number of benzene rings is 3. The zero-order valence-corrected chi connectivity index (χ0v) is 31.2. The van der Waals surface area contributed by atoms with Gasteiger partial charge in [0.2, 0.25) is 12.4 Å². The summed E-state index contributed by atoms with van der Waals surface area (Å²) in [7, 11) is 0. The highest BCUT2D eigenvalue weighted by Gasteiger charge is 2.55. The number of carbonyl (C=O) groups is 7. The van der Waals surface area contributed by atoms with Gasteiger partial charge < -0.3 is 47.4 Å². The fourth-order valence-electron chi connectivity index (χ4n) is 6.01. The Kier molecular flexibility index (Phi) is 14.4. The molecule has 3 aromatic carbocycles. The molecule has 2 aliphatic rings. The Hall–Kier alpha value is -6.17. The Morgan fingerprint density at radius 1 is 0.421 bits per heavy atom. The second-order valence-electron chi connectivity index (χ2n) is 12.7. The second-order valence-corrected chi connectivity index (χ2v) is 12.7. The molecule has 57 heavy (non-hydrogen) atoms. The van der Waals surface area contributed by atoms with E-state index in [2.05, 4.69) is 0 Å². The zero-order valence-electron chi connectivity index (χ0n) is 31.2. The third kappa shape index (κ3) is 11.4. The molecule has 3 aromatic rings. The van der Waals surface area contributed by atoms with E-state index in [0.29, 0.717) is 0 Å². The first-order chi connectivity index (χ1) is 27.3. The molecule has 0 saturated carbocycles. The lowest BCUT2D eigenvalue weighted by molar-refractivity contribution is -0.307. The van der Waals surface area contributed by atoms with Crippen molar-refractivity contribution >= 4 is 41.8 Å². The van der Waals surface area contributed by atoms with Crippen LogP contribution in [0.1, 0.15) is 58.8 Å². The number of hydrogen-bond donors (Lipinski definition) is 0.